The maximum Gasteiger partial charge on any atom is 0.0812 e. The molecule has 1 saturated heterocycles. The van der Waals surface area contributed by atoms with Crippen molar-refractivity contribution in [3.8, 4) is 0 Å². The highest BCUT2D eigenvalue weighted by atomic mass is 79.9. The minimum atomic E-state index is -0.666. The van der Waals surface area contributed by atoms with Crippen LogP contribution in [0.2, 0.25) is 0 Å². The summed E-state index contributed by atoms with van der Waals surface area (Å²) >= 11 is 3.53. The fourth-order valence-electron chi connectivity index (χ4n) is 2.37. The summed E-state index contributed by atoms with van der Waals surface area (Å²) in [7, 11) is 0. The van der Waals surface area contributed by atoms with Crippen LogP contribution in [0.5, 0.6) is 0 Å². The standard InChI is InChI=1S/C13H18BrNO/c1-13(16,12-7-4-8-15-12)9-10-5-2-3-6-11(10)14/h2-3,5-6,12,15-16H,4,7-9H2,1H3. The SMILES string of the molecule is CC(O)(Cc1ccccc1Br)C1CCCN1. The molecule has 1 fully saturated rings. The van der Waals surface area contributed by atoms with Gasteiger partial charge in [-0.1, -0.05) is 34.1 Å². The molecule has 2 rings (SSSR count). The van der Waals surface area contributed by atoms with Crippen molar-refractivity contribution >= 4 is 15.9 Å². The van der Waals surface area contributed by atoms with Gasteiger partial charge in [0.1, 0.15) is 0 Å². The predicted octanol–water partition coefficient (Wildman–Crippen LogP) is 2.49. The first kappa shape index (κ1) is 12.1. The largest absolute Gasteiger partial charge is 0.388 e. The first-order valence-corrected chi connectivity index (χ1v) is 6.58. The van der Waals surface area contributed by atoms with Crippen LogP contribution in [-0.2, 0) is 6.42 Å². The molecule has 1 aliphatic heterocycles. The molecule has 0 bridgehead atoms. The van der Waals surface area contributed by atoms with Crippen LogP contribution in [0, 0.1) is 0 Å². The molecule has 0 radical (unpaired) electrons. The van der Waals surface area contributed by atoms with Gasteiger partial charge in [-0.3, -0.25) is 0 Å². The van der Waals surface area contributed by atoms with Crippen LogP contribution in [0.1, 0.15) is 25.3 Å². The molecular formula is C13H18BrNO. The first-order chi connectivity index (χ1) is 7.59. The van der Waals surface area contributed by atoms with Gasteiger partial charge in [-0.2, -0.15) is 0 Å². The molecule has 2 N–H and O–H groups in total. The Balaban J connectivity index is 2.10. The van der Waals surface area contributed by atoms with Gasteiger partial charge in [0.15, 0.2) is 0 Å². The highest BCUT2D eigenvalue weighted by Crippen LogP contribution is 2.26. The molecule has 0 amide bonds. The Hall–Kier alpha value is -0.380. The molecule has 1 aliphatic rings. The van der Waals surface area contributed by atoms with E-state index in [1.54, 1.807) is 0 Å². The van der Waals surface area contributed by atoms with Gasteiger partial charge in [0.25, 0.3) is 0 Å². The summed E-state index contributed by atoms with van der Waals surface area (Å²) in [6.07, 6.45) is 2.92. The Labute approximate surface area is 105 Å². The van der Waals surface area contributed by atoms with Gasteiger partial charge in [-0.05, 0) is 37.9 Å². The summed E-state index contributed by atoms with van der Waals surface area (Å²) in [5.41, 5.74) is 0.501. The third kappa shape index (κ3) is 2.65. The van der Waals surface area contributed by atoms with E-state index in [1.165, 1.54) is 5.56 Å². The van der Waals surface area contributed by atoms with E-state index < -0.39 is 5.60 Å². The maximum atomic E-state index is 10.5. The van der Waals surface area contributed by atoms with Crippen molar-refractivity contribution < 1.29 is 5.11 Å². The normalized spacial score (nSPS) is 24.3. The van der Waals surface area contributed by atoms with Crippen molar-refractivity contribution in [1.29, 1.82) is 0 Å². The lowest BCUT2D eigenvalue weighted by Crippen LogP contribution is -2.47. The third-order valence-electron chi connectivity index (χ3n) is 3.32. The number of halogens is 1. The van der Waals surface area contributed by atoms with E-state index in [4.69, 9.17) is 0 Å². The summed E-state index contributed by atoms with van der Waals surface area (Å²) in [4.78, 5) is 0. The summed E-state index contributed by atoms with van der Waals surface area (Å²) in [5.74, 6) is 0. The zero-order chi connectivity index (χ0) is 11.6. The Morgan fingerprint density at radius 1 is 1.50 bits per heavy atom. The first-order valence-electron chi connectivity index (χ1n) is 5.79. The zero-order valence-corrected chi connectivity index (χ0v) is 11.1. The second kappa shape index (κ2) is 4.86. The number of hydrogen-bond donors (Lipinski definition) is 2. The van der Waals surface area contributed by atoms with Crippen LogP contribution in [0.4, 0.5) is 0 Å². The molecule has 2 atom stereocenters. The van der Waals surface area contributed by atoms with Gasteiger partial charge in [0.05, 0.1) is 5.60 Å². The number of rotatable bonds is 3. The Kier molecular flexibility index (Phi) is 3.67. The Bertz CT molecular complexity index is 359. The average molecular weight is 284 g/mol. The smallest absolute Gasteiger partial charge is 0.0812 e. The van der Waals surface area contributed by atoms with Gasteiger partial charge in [-0.25, -0.2) is 0 Å². The van der Waals surface area contributed by atoms with E-state index >= 15 is 0 Å². The van der Waals surface area contributed by atoms with Crippen molar-refractivity contribution in [3.63, 3.8) is 0 Å². The van der Waals surface area contributed by atoms with Gasteiger partial charge in [0, 0.05) is 16.9 Å². The molecule has 1 aromatic carbocycles. The fourth-order valence-corrected chi connectivity index (χ4v) is 2.79. The van der Waals surface area contributed by atoms with Crippen LogP contribution in [-0.4, -0.2) is 23.3 Å². The van der Waals surface area contributed by atoms with Crippen LogP contribution < -0.4 is 5.32 Å². The quantitative estimate of drug-likeness (QED) is 0.894. The maximum absolute atomic E-state index is 10.5. The van der Waals surface area contributed by atoms with Crippen LogP contribution in [0.25, 0.3) is 0 Å². The highest BCUT2D eigenvalue weighted by Gasteiger charge is 2.34. The second-order valence-electron chi connectivity index (χ2n) is 4.77. The van der Waals surface area contributed by atoms with Crippen molar-refractivity contribution in [2.24, 2.45) is 0 Å². The van der Waals surface area contributed by atoms with E-state index in [0.29, 0.717) is 6.42 Å². The molecule has 88 valence electrons. The molecule has 1 heterocycles. The minimum absolute atomic E-state index is 0.222. The van der Waals surface area contributed by atoms with E-state index in [1.807, 2.05) is 25.1 Å². The summed E-state index contributed by atoms with van der Waals surface area (Å²) in [6, 6.07) is 8.31. The average Bonchev–Trinajstić information content (AvgIpc) is 2.75. The molecule has 16 heavy (non-hydrogen) atoms. The molecule has 0 aromatic heterocycles. The van der Waals surface area contributed by atoms with Crippen molar-refractivity contribution in [1.82, 2.24) is 5.32 Å². The Morgan fingerprint density at radius 2 is 2.25 bits per heavy atom. The molecular weight excluding hydrogens is 266 g/mol. The monoisotopic (exact) mass is 283 g/mol. The number of hydrogen-bond acceptors (Lipinski definition) is 2. The van der Waals surface area contributed by atoms with E-state index in [-0.39, 0.29) is 6.04 Å². The van der Waals surface area contributed by atoms with Crippen LogP contribution >= 0.6 is 15.9 Å². The molecule has 2 nitrogen and oxygen atoms in total. The highest BCUT2D eigenvalue weighted by molar-refractivity contribution is 9.10. The van der Waals surface area contributed by atoms with Crippen LogP contribution in [0.15, 0.2) is 28.7 Å². The van der Waals surface area contributed by atoms with Crippen molar-refractivity contribution in [2.75, 3.05) is 6.54 Å². The summed E-state index contributed by atoms with van der Waals surface area (Å²) in [6.45, 7) is 2.95. The lowest BCUT2D eigenvalue weighted by molar-refractivity contribution is 0.0261. The van der Waals surface area contributed by atoms with Crippen LogP contribution in [0.3, 0.4) is 0 Å². The molecule has 1 aromatic rings. The van der Waals surface area contributed by atoms with Gasteiger partial charge < -0.3 is 10.4 Å². The number of nitrogens with one attached hydrogen (secondary N) is 1. The fraction of sp³-hybridized carbons (Fsp3) is 0.538. The summed E-state index contributed by atoms with van der Waals surface area (Å²) in [5, 5.41) is 13.9. The van der Waals surface area contributed by atoms with Gasteiger partial charge >= 0.3 is 0 Å². The van der Waals surface area contributed by atoms with E-state index in [0.717, 1.165) is 23.9 Å². The molecule has 3 heteroatoms. The lowest BCUT2D eigenvalue weighted by Gasteiger charge is -2.30. The van der Waals surface area contributed by atoms with Crippen molar-refractivity contribution in [3.05, 3.63) is 34.3 Å². The topological polar surface area (TPSA) is 32.3 Å². The molecule has 2 unspecified atom stereocenters. The van der Waals surface area contributed by atoms with Gasteiger partial charge in [0.2, 0.25) is 0 Å². The van der Waals surface area contributed by atoms with Gasteiger partial charge in [-0.15, -0.1) is 0 Å². The molecule has 0 spiro atoms. The summed E-state index contributed by atoms with van der Waals surface area (Å²) < 4.78 is 1.08. The third-order valence-corrected chi connectivity index (χ3v) is 4.09. The lowest BCUT2D eigenvalue weighted by atomic mass is 9.88. The van der Waals surface area contributed by atoms with Crippen molar-refractivity contribution in [2.45, 2.75) is 37.8 Å². The second-order valence-corrected chi connectivity index (χ2v) is 5.63. The molecule has 0 saturated carbocycles. The van der Waals surface area contributed by atoms with E-state index in [2.05, 4.69) is 27.3 Å². The predicted molar refractivity (Wildman–Crippen MR) is 69.5 cm³/mol. The van der Waals surface area contributed by atoms with E-state index in [9.17, 15) is 5.11 Å². The molecule has 0 aliphatic carbocycles. The Morgan fingerprint density at radius 3 is 2.88 bits per heavy atom. The minimum Gasteiger partial charge on any atom is -0.388 e. The zero-order valence-electron chi connectivity index (χ0n) is 9.54. The number of aliphatic hydroxyl groups is 1. The number of benzene rings is 1.